The molecule has 0 fully saturated rings. The van der Waals surface area contributed by atoms with Gasteiger partial charge in [-0.15, -0.1) is 0 Å². The Morgan fingerprint density at radius 3 is 2.65 bits per heavy atom. The van der Waals surface area contributed by atoms with Gasteiger partial charge in [-0.05, 0) is 12.0 Å². The molecule has 0 atom stereocenters. The number of nitrogens with zero attached hydrogens (tertiary/aromatic N) is 3. The summed E-state index contributed by atoms with van der Waals surface area (Å²) in [5.74, 6) is 0.977. The minimum Gasteiger partial charge on any atom is -0.323 e. The first-order chi connectivity index (χ1) is 7.91. The van der Waals surface area contributed by atoms with Gasteiger partial charge in [0, 0.05) is 25.4 Å². The Morgan fingerprint density at radius 2 is 2.06 bits per heavy atom. The second-order valence-corrected chi connectivity index (χ2v) is 5.09. The average molecular weight is 254 g/mol. The van der Waals surface area contributed by atoms with Crippen molar-refractivity contribution in [3.8, 4) is 0 Å². The molecule has 0 aromatic carbocycles. The van der Waals surface area contributed by atoms with E-state index in [9.17, 15) is 4.79 Å². The van der Waals surface area contributed by atoms with Crippen LogP contribution in [0.1, 0.15) is 31.0 Å². The maximum absolute atomic E-state index is 11.8. The fraction of sp³-hybridized carbons (Fsp3) is 0.500. The van der Waals surface area contributed by atoms with E-state index in [1.807, 2.05) is 6.07 Å². The van der Waals surface area contributed by atoms with Crippen LogP contribution >= 0.6 is 11.6 Å². The van der Waals surface area contributed by atoms with Gasteiger partial charge in [0.2, 0.25) is 0 Å². The predicted molar refractivity (Wildman–Crippen MR) is 68.6 cm³/mol. The lowest BCUT2D eigenvalue weighted by molar-refractivity contribution is 0.211. The molecule has 17 heavy (non-hydrogen) atoms. The molecule has 0 unspecified atom stereocenters. The van der Waals surface area contributed by atoms with Gasteiger partial charge < -0.3 is 4.90 Å². The van der Waals surface area contributed by atoms with E-state index in [1.165, 1.54) is 0 Å². The van der Waals surface area contributed by atoms with Gasteiger partial charge >= 0.3 is 6.03 Å². The zero-order valence-electron chi connectivity index (χ0n) is 10.5. The molecule has 2 amide bonds. The van der Waals surface area contributed by atoms with E-state index in [1.54, 1.807) is 23.9 Å². The Morgan fingerprint density at radius 1 is 1.41 bits per heavy atom. The number of amides is 2. The molecule has 1 aliphatic heterocycles. The molecule has 1 aromatic rings. The molecule has 4 nitrogen and oxygen atoms in total. The predicted octanol–water partition coefficient (Wildman–Crippen LogP) is 2.86. The van der Waals surface area contributed by atoms with Crippen molar-refractivity contribution in [1.29, 1.82) is 0 Å². The normalized spacial score (nSPS) is 15.5. The number of halogens is 1. The summed E-state index contributed by atoms with van der Waals surface area (Å²) < 4.78 is 0. The number of urea groups is 1. The highest BCUT2D eigenvalue weighted by molar-refractivity contribution is 6.32. The maximum atomic E-state index is 11.8. The van der Waals surface area contributed by atoms with Crippen LogP contribution in [0.2, 0.25) is 5.02 Å². The van der Waals surface area contributed by atoms with Crippen LogP contribution in [0.15, 0.2) is 6.07 Å². The molecule has 0 radical (unpaired) electrons. The molecule has 0 aliphatic carbocycles. The van der Waals surface area contributed by atoms with Crippen molar-refractivity contribution < 1.29 is 4.79 Å². The molecule has 0 spiro atoms. The lowest BCUT2D eigenvalue weighted by Gasteiger charge is -2.32. The van der Waals surface area contributed by atoms with Gasteiger partial charge in [0.1, 0.15) is 5.82 Å². The molecule has 92 valence electrons. The third-order valence-corrected chi connectivity index (χ3v) is 3.32. The Labute approximate surface area is 106 Å². The summed E-state index contributed by atoms with van der Waals surface area (Å²) in [5.41, 5.74) is 1.83. The van der Waals surface area contributed by atoms with Gasteiger partial charge in [-0.3, -0.25) is 4.90 Å². The van der Waals surface area contributed by atoms with Gasteiger partial charge in [-0.25, -0.2) is 9.78 Å². The number of carbonyl (C=O) groups is 1. The summed E-state index contributed by atoms with van der Waals surface area (Å²) >= 11 is 6.27. The van der Waals surface area contributed by atoms with Crippen molar-refractivity contribution >= 4 is 23.4 Å². The third kappa shape index (κ3) is 1.97. The molecule has 5 heteroatoms. The van der Waals surface area contributed by atoms with Crippen molar-refractivity contribution in [2.75, 3.05) is 19.0 Å². The number of anilines is 1. The van der Waals surface area contributed by atoms with Crippen LogP contribution < -0.4 is 4.90 Å². The van der Waals surface area contributed by atoms with Gasteiger partial charge in [0.15, 0.2) is 0 Å². The summed E-state index contributed by atoms with van der Waals surface area (Å²) in [6, 6.07) is 1.84. The third-order valence-electron chi connectivity index (χ3n) is 2.99. The molecule has 1 aromatic heterocycles. The van der Waals surface area contributed by atoms with Crippen LogP contribution in [0.5, 0.6) is 0 Å². The van der Waals surface area contributed by atoms with Gasteiger partial charge in [0.05, 0.1) is 11.6 Å². The van der Waals surface area contributed by atoms with E-state index in [0.717, 1.165) is 11.3 Å². The van der Waals surface area contributed by atoms with E-state index < -0.39 is 0 Å². The first-order valence-electron chi connectivity index (χ1n) is 5.60. The highest BCUT2D eigenvalue weighted by Gasteiger charge is 2.28. The number of carbonyl (C=O) groups excluding carboxylic acids is 1. The fourth-order valence-corrected chi connectivity index (χ4v) is 2.17. The highest BCUT2D eigenvalue weighted by atomic mass is 35.5. The lowest BCUT2D eigenvalue weighted by atomic mass is 10.1. The van der Waals surface area contributed by atoms with Crippen LogP contribution in [0, 0.1) is 0 Å². The number of hydrogen-bond donors (Lipinski definition) is 0. The minimum atomic E-state index is -0.0537. The van der Waals surface area contributed by atoms with Gasteiger partial charge in [-0.2, -0.15) is 0 Å². The molecule has 0 saturated carbocycles. The number of rotatable bonds is 1. The van der Waals surface area contributed by atoms with Crippen molar-refractivity contribution in [2.24, 2.45) is 0 Å². The van der Waals surface area contributed by atoms with E-state index in [4.69, 9.17) is 11.6 Å². The van der Waals surface area contributed by atoms with Crippen molar-refractivity contribution in [1.82, 2.24) is 9.88 Å². The molecule has 2 rings (SSSR count). The second-order valence-electron chi connectivity index (χ2n) is 4.68. The van der Waals surface area contributed by atoms with Crippen LogP contribution in [0.4, 0.5) is 10.6 Å². The summed E-state index contributed by atoms with van der Waals surface area (Å²) in [7, 11) is 3.48. The fourth-order valence-electron chi connectivity index (χ4n) is 1.92. The first kappa shape index (κ1) is 12.2. The van der Waals surface area contributed by atoms with Crippen LogP contribution in [0.3, 0.4) is 0 Å². The topological polar surface area (TPSA) is 36.4 Å². The maximum Gasteiger partial charge on any atom is 0.325 e. The summed E-state index contributed by atoms with van der Waals surface area (Å²) in [4.78, 5) is 19.6. The monoisotopic (exact) mass is 253 g/mol. The minimum absolute atomic E-state index is 0.0537. The van der Waals surface area contributed by atoms with Crippen LogP contribution in [0.25, 0.3) is 0 Å². The second kappa shape index (κ2) is 4.18. The van der Waals surface area contributed by atoms with Crippen LogP contribution in [-0.2, 0) is 6.54 Å². The molecule has 1 aliphatic rings. The number of pyridine rings is 1. The Hall–Kier alpha value is -1.29. The number of fused-ring (bicyclic) bond motifs is 1. The standard InChI is InChI=1S/C12H16ClN3O/c1-7(2)10-5-9(13)8-6-15(3)12(17)16(4)11(8)14-10/h5,7H,6H2,1-4H3. The number of aromatic nitrogens is 1. The smallest absolute Gasteiger partial charge is 0.323 e. The largest absolute Gasteiger partial charge is 0.325 e. The Bertz CT molecular complexity index is 473. The summed E-state index contributed by atoms with van der Waals surface area (Å²) in [5, 5.41) is 0.685. The zero-order valence-corrected chi connectivity index (χ0v) is 11.2. The summed E-state index contributed by atoms with van der Waals surface area (Å²) in [6.45, 7) is 4.63. The highest BCUT2D eigenvalue weighted by Crippen LogP contribution is 2.33. The lowest BCUT2D eigenvalue weighted by Crippen LogP contribution is -2.43. The van der Waals surface area contributed by atoms with Crippen molar-refractivity contribution in [2.45, 2.75) is 26.3 Å². The SMILES string of the molecule is CC(C)c1cc(Cl)c2c(n1)N(C)C(=O)N(C)C2. The molecular formula is C12H16ClN3O. The number of hydrogen-bond acceptors (Lipinski definition) is 2. The summed E-state index contributed by atoms with van der Waals surface area (Å²) in [6.07, 6.45) is 0. The molecule has 0 N–H and O–H groups in total. The van der Waals surface area contributed by atoms with Gasteiger partial charge in [-0.1, -0.05) is 25.4 Å². The molecule has 2 heterocycles. The zero-order chi connectivity index (χ0) is 12.7. The average Bonchev–Trinajstić information content (AvgIpc) is 2.27. The Balaban J connectivity index is 2.57. The molecule has 0 bridgehead atoms. The van der Waals surface area contributed by atoms with E-state index in [0.29, 0.717) is 23.3 Å². The van der Waals surface area contributed by atoms with Crippen LogP contribution in [-0.4, -0.2) is 30.0 Å². The molecule has 0 saturated heterocycles. The quantitative estimate of drug-likeness (QED) is 0.772. The first-order valence-corrected chi connectivity index (χ1v) is 5.97. The Kier molecular flexibility index (Phi) is 3.00. The van der Waals surface area contributed by atoms with Crippen molar-refractivity contribution in [3.05, 3.63) is 22.3 Å². The van der Waals surface area contributed by atoms with Gasteiger partial charge in [0.25, 0.3) is 0 Å². The van der Waals surface area contributed by atoms with Crippen molar-refractivity contribution in [3.63, 3.8) is 0 Å². The van der Waals surface area contributed by atoms with E-state index in [-0.39, 0.29) is 6.03 Å². The van der Waals surface area contributed by atoms with E-state index in [2.05, 4.69) is 18.8 Å². The van der Waals surface area contributed by atoms with E-state index >= 15 is 0 Å². The molecular weight excluding hydrogens is 238 g/mol.